The highest BCUT2D eigenvalue weighted by Gasteiger charge is 2.31. The van der Waals surface area contributed by atoms with E-state index in [1.165, 1.54) is 0 Å². The van der Waals surface area contributed by atoms with Crippen molar-refractivity contribution < 1.29 is 14.7 Å². The molecule has 4 heteroatoms. The predicted molar refractivity (Wildman–Crippen MR) is 83.6 cm³/mol. The van der Waals surface area contributed by atoms with Crippen LogP contribution in [0.3, 0.4) is 0 Å². The molecule has 1 fully saturated rings. The Morgan fingerprint density at radius 3 is 2.68 bits per heavy atom. The van der Waals surface area contributed by atoms with Crippen molar-refractivity contribution in [3.05, 3.63) is 29.3 Å². The van der Waals surface area contributed by atoms with Gasteiger partial charge in [0.25, 0.3) is 5.91 Å². The highest BCUT2D eigenvalue weighted by atomic mass is 16.3. The van der Waals surface area contributed by atoms with Gasteiger partial charge in [-0.25, -0.2) is 0 Å². The molecule has 0 unspecified atom stereocenters. The minimum absolute atomic E-state index is 0.0256. The molecule has 0 bridgehead atoms. The van der Waals surface area contributed by atoms with Crippen LogP contribution in [-0.4, -0.2) is 28.2 Å². The van der Waals surface area contributed by atoms with E-state index in [9.17, 15) is 14.7 Å². The van der Waals surface area contributed by atoms with Crippen molar-refractivity contribution in [3.63, 3.8) is 0 Å². The van der Waals surface area contributed by atoms with E-state index >= 15 is 0 Å². The monoisotopic (exact) mass is 301 g/mol. The first-order valence-electron chi connectivity index (χ1n) is 8.22. The van der Waals surface area contributed by atoms with Crippen LogP contribution in [-0.2, 0) is 11.3 Å². The van der Waals surface area contributed by atoms with Crippen molar-refractivity contribution in [1.82, 2.24) is 4.90 Å². The summed E-state index contributed by atoms with van der Waals surface area (Å²) in [7, 11) is 0. The summed E-state index contributed by atoms with van der Waals surface area (Å²) in [4.78, 5) is 26.1. The van der Waals surface area contributed by atoms with Crippen LogP contribution < -0.4 is 0 Å². The van der Waals surface area contributed by atoms with Crippen LogP contribution >= 0.6 is 0 Å². The fourth-order valence-electron chi connectivity index (χ4n) is 3.76. The van der Waals surface area contributed by atoms with E-state index in [-0.39, 0.29) is 17.6 Å². The van der Waals surface area contributed by atoms with Gasteiger partial charge in [0.05, 0.1) is 0 Å². The third kappa shape index (κ3) is 2.87. The molecule has 4 nitrogen and oxygen atoms in total. The summed E-state index contributed by atoms with van der Waals surface area (Å²) in [6.07, 6.45) is 4.63. The van der Waals surface area contributed by atoms with E-state index in [0.29, 0.717) is 30.2 Å². The van der Waals surface area contributed by atoms with Gasteiger partial charge >= 0.3 is 0 Å². The standard InChI is InChI=1S/C18H23NO3/c1-2-17(21)13-5-3-12(4-6-13)10-19-11-14-7-8-15(20)9-16(14)18(19)22/h7-9,12-13,20H,2-6,10-11H2,1H3. The second kappa shape index (κ2) is 6.11. The first kappa shape index (κ1) is 15.1. The van der Waals surface area contributed by atoms with E-state index < -0.39 is 0 Å². The lowest BCUT2D eigenvalue weighted by atomic mass is 9.79. The van der Waals surface area contributed by atoms with Crippen molar-refractivity contribution in [3.8, 4) is 5.75 Å². The molecule has 0 saturated heterocycles. The number of Topliss-reactive ketones (excluding diaryl/α,β-unsaturated/α-hetero) is 1. The van der Waals surface area contributed by atoms with Crippen LogP contribution in [0, 0.1) is 11.8 Å². The fraction of sp³-hybridized carbons (Fsp3) is 0.556. The van der Waals surface area contributed by atoms with Gasteiger partial charge in [-0.15, -0.1) is 0 Å². The van der Waals surface area contributed by atoms with Crippen molar-refractivity contribution in [2.24, 2.45) is 11.8 Å². The number of hydrogen-bond donors (Lipinski definition) is 1. The SMILES string of the molecule is CCC(=O)C1CCC(CN2Cc3ccc(O)cc3C2=O)CC1. The number of hydrogen-bond acceptors (Lipinski definition) is 3. The first-order chi connectivity index (χ1) is 10.6. The minimum atomic E-state index is 0.0256. The number of ketones is 1. The molecule has 1 saturated carbocycles. The number of amides is 1. The molecule has 2 aliphatic rings. The minimum Gasteiger partial charge on any atom is -0.508 e. The fourth-order valence-corrected chi connectivity index (χ4v) is 3.76. The van der Waals surface area contributed by atoms with Gasteiger partial charge in [-0.1, -0.05) is 13.0 Å². The molecular weight excluding hydrogens is 278 g/mol. The zero-order valence-corrected chi connectivity index (χ0v) is 13.0. The quantitative estimate of drug-likeness (QED) is 0.929. The number of benzene rings is 1. The van der Waals surface area contributed by atoms with E-state index in [0.717, 1.165) is 37.8 Å². The predicted octanol–water partition coefficient (Wildman–Crippen LogP) is 3.13. The van der Waals surface area contributed by atoms with E-state index in [2.05, 4.69) is 0 Å². The maximum absolute atomic E-state index is 12.4. The third-order valence-corrected chi connectivity index (χ3v) is 5.10. The largest absolute Gasteiger partial charge is 0.508 e. The molecule has 0 radical (unpaired) electrons. The summed E-state index contributed by atoms with van der Waals surface area (Å²) < 4.78 is 0. The lowest BCUT2D eigenvalue weighted by Crippen LogP contribution is -2.32. The molecule has 118 valence electrons. The van der Waals surface area contributed by atoms with Gasteiger partial charge in [0.1, 0.15) is 11.5 Å². The summed E-state index contributed by atoms with van der Waals surface area (Å²) in [5, 5.41) is 9.52. The zero-order chi connectivity index (χ0) is 15.7. The van der Waals surface area contributed by atoms with Gasteiger partial charge in [0.15, 0.2) is 0 Å². The Hall–Kier alpha value is -1.84. The van der Waals surface area contributed by atoms with Crippen molar-refractivity contribution in [1.29, 1.82) is 0 Å². The highest BCUT2D eigenvalue weighted by molar-refractivity contribution is 5.98. The van der Waals surface area contributed by atoms with Crippen molar-refractivity contribution in [2.75, 3.05) is 6.54 Å². The number of nitrogens with zero attached hydrogens (tertiary/aromatic N) is 1. The zero-order valence-electron chi connectivity index (χ0n) is 13.0. The Bertz CT molecular complexity index is 588. The second-order valence-electron chi connectivity index (χ2n) is 6.56. The molecule has 22 heavy (non-hydrogen) atoms. The molecule has 0 aromatic heterocycles. The Kier molecular flexibility index (Phi) is 4.19. The summed E-state index contributed by atoms with van der Waals surface area (Å²) in [5.41, 5.74) is 1.63. The maximum Gasteiger partial charge on any atom is 0.254 e. The molecule has 1 amide bonds. The number of fused-ring (bicyclic) bond motifs is 1. The van der Waals surface area contributed by atoms with Gasteiger partial charge < -0.3 is 10.0 Å². The molecule has 0 atom stereocenters. The van der Waals surface area contributed by atoms with Crippen LogP contribution in [0.5, 0.6) is 5.75 Å². The lowest BCUT2D eigenvalue weighted by Gasteiger charge is -2.30. The average molecular weight is 301 g/mol. The lowest BCUT2D eigenvalue weighted by molar-refractivity contribution is -0.123. The van der Waals surface area contributed by atoms with Gasteiger partial charge in [-0.2, -0.15) is 0 Å². The number of carbonyl (C=O) groups excluding carboxylic acids is 2. The Balaban J connectivity index is 1.58. The molecular formula is C18H23NO3. The van der Waals surface area contributed by atoms with Gasteiger partial charge in [0, 0.05) is 31.0 Å². The van der Waals surface area contributed by atoms with Gasteiger partial charge in [0.2, 0.25) is 0 Å². The molecule has 1 aliphatic carbocycles. The van der Waals surface area contributed by atoms with Gasteiger partial charge in [-0.05, 0) is 49.3 Å². The summed E-state index contributed by atoms with van der Waals surface area (Å²) in [5.74, 6) is 1.29. The number of phenols is 1. The number of aromatic hydroxyl groups is 1. The third-order valence-electron chi connectivity index (χ3n) is 5.10. The van der Waals surface area contributed by atoms with Crippen LogP contribution in [0.1, 0.15) is 54.9 Å². The smallest absolute Gasteiger partial charge is 0.254 e. The molecule has 1 N–H and O–H groups in total. The van der Waals surface area contributed by atoms with Crippen LogP contribution in [0.15, 0.2) is 18.2 Å². The van der Waals surface area contributed by atoms with E-state index in [4.69, 9.17) is 0 Å². The van der Waals surface area contributed by atoms with Crippen LogP contribution in [0.25, 0.3) is 0 Å². The highest BCUT2D eigenvalue weighted by Crippen LogP contribution is 2.33. The molecule has 1 aliphatic heterocycles. The Labute approximate surface area is 131 Å². The normalized spacial score (nSPS) is 24.4. The number of rotatable bonds is 4. The molecule has 1 aromatic rings. The molecule has 1 aromatic carbocycles. The van der Waals surface area contributed by atoms with E-state index in [1.807, 2.05) is 17.9 Å². The molecule has 1 heterocycles. The topological polar surface area (TPSA) is 57.6 Å². The van der Waals surface area contributed by atoms with Crippen LogP contribution in [0.2, 0.25) is 0 Å². The second-order valence-corrected chi connectivity index (χ2v) is 6.56. The number of carbonyl (C=O) groups is 2. The van der Waals surface area contributed by atoms with Crippen LogP contribution in [0.4, 0.5) is 0 Å². The summed E-state index contributed by atoms with van der Waals surface area (Å²) in [6, 6.07) is 5.03. The maximum atomic E-state index is 12.4. The summed E-state index contributed by atoms with van der Waals surface area (Å²) in [6.45, 7) is 3.34. The van der Waals surface area contributed by atoms with Gasteiger partial charge in [-0.3, -0.25) is 9.59 Å². The molecule has 0 spiro atoms. The van der Waals surface area contributed by atoms with Crippen molar-refractivity contribution in [2.45, 2.75) is 45.6 Å². The van der Waals surface area contributed by atoms with E-state index in [1.54, 1.807) is 12.1 Å². The van der Waals surface area contributed by atoms with Crippen molar-refractivity contribution >= 4 is 11.7 Å². The Morgan fingerprint density at radius 1 is 1.27 bits per heavy atom. The Morgan fingerprint density at radius 2 is 2.00 bits per heavy atom. The number of phenolic OH excluding ortho intramolecular Hbond substituents is 1. The molecule has 3 rings (SSSR count). The average Bonchev–Trinajstić information content (AvgIpc) is 2.83. The summed E-state index contributed by atoms with van der Waals surface area (Å²) >= 11 is 0. The first-order valence-corrected chi connectivity index (χ1v) is 8.22.